The molecule has 0 amide bonds. The van der Waals surface area contributed by atoms with E-state index in [4.69, 9.17) is 0 Å². The van der Waals surface area contributed by atoms with Gasteiger partial charge in [0.05, 0.1) is 6.61 Å². The van der Waals surface area contributed by atoms with Crippen LogP contribution in [0.1, 0.15) is 19.3 Å². The molecule has 108 valence electrons. The normalized spacial score (nSPS) is 20.4. The van der Waals surface area contributed by atoms with Gasteiger partial charge in [-0.25, -0.2) is 4.98 Å². The van der Waals surface area contributed by atoms with Gasteiger partial charge >= 0.3 is 0 Å². The summed E-state index contributed by atoms with van der Waals surface area (Å²) in [5, 5.41) is 13.9. The number of pyridine rings is 1. The lowest BCUT2D eigenvalue weighted by Gasteiger charge is -2.34. The number of aliphatic hydroxyl groups excluding tert-OH is 1. The zero-order valence-electron chi connectivity index (χ0n) is 11.7. The molecule has 2 aromatic heterocycles. The molecule has 0 aromatic carbocycles. The Kier molecular flexibility index (Phi) is 4.18. The Bertz CT molecular complexity index is 554. The van der Waals surface area contributed by atoms with Crippen molar-refractivity contribution in [3.8, 4) is 0 Å². The quantitative estimate of drug-likeness (QED) is 0.778. The number of hydrogen-bond donors (Lipinski definition) is 3. The highest BCUT2D eigenvalue weighted by molar-refractivity contribution is 5.77. The van der Waals surface area contributed by atoms with Crippen molar-refractivity contribution in [1.82, 2.24) is 14.9 Å². The number of piperidine rings is 1. The first-order valence-corrected chi connectivity index (χ1v) is 7.40. The van der Waals surface area contributed by atoms with E-state index in [-0.39, 0.29) is 6.61 Å². The lowest BCUT2D eigenvalue weighted by Crippen LogP contribution is -2.44. The van der Waals surface area contributed by atoms with Gasteiger partial charge in [0.25, 0.3) is 0 Å². The van der Waals surface area contributed by atoms with Crippen LogP contribution in [0.2, 0.25) is 0 Å². The van der Waals surface area contributed by atoms with Crippen LogP contribution in [0.3, 0.4) is 0 Å². The van der Waals surface area contributed by atoms with Gasteiger partial charge in [0, 0.05) is 30.7 Å². The summed E-state index contributed by atoms with van der Waals surface area (Å²) < 4.78 is 0. The highest BCUT2D eigenvalue weighted by Gasteiger charge is 2.20. The largest absolute Gasteiger partial charge is 0.395 e. The molecule has 0 radical (unpaired) electrons. The van der Waals surface area contributed by atoms with Crippen molar-refractivity contribution >= 4 is 16.9 Å². The summed E-state index contributed by atoms with van der Waals surface area (Å²) in [4.78, 5) is 10.0. The molecule has 3 N–H and O–H groups in total. The summed E-state index contributed by atoms with van der Waals surface area (Å²) in [5.41, 5.74) is 0.918. The number of aromatic nitrogens is 2. The number of nitrogens with one attached hydrogen (secondary N) is 2. The second-order valence-electron chi connectivity index (χ2n) is 5.41. The summed E-state index contributed by atoms with van der Waals surface area (Å²) in [6.07, 6.45) is 5.49. The van der Waals surface area contributed by atoms with E-state index in [1.807, 2.05) is 18.3 Å². The minimum atomic E-state index is 0.271. The third-order valence-corrected chi connectivity index (χ3v) is 4.07. The maximum atomic E-state index is 9.39. The first kappa shape index (κ1) is 13.4. The number of aromatic amines is 1. The van der Waals surface area contributed by atoms with Crippen LogP contribution in [-0.2, 0) is 0 Å². The minimum Gasteiger partial charge on any atom is -0.395 e. The molecule has 1 aliphatic heterocycles. The number of rotatable bonds is 5. The Labute approximate surface area is 119 Å². The van der Waals surface area contributed by atoms with Crippen LogP contribution in [0.15, 0.2) is 24.4 Å². The monoisotopic (exact) mass is 274 g/mol. The van der Waals surface area contributed by atoms with E-state index < -0.39 is 0 Å². The molecule has 3 heterocycles. The first-order chi connectivity index (χ1) is 9.86. The Hall–Kier alpha value is -1.59. The number of nitrogens with zero attached hydrogens (tertiary/aromatic N) is 2. The van der Waals surface area contributed by atoms with Crippen LogP contribution < -0.4 is 5.32 Å². The molecule has 0 unspecified atom stereocenters. The summed E-state index contributed by atoms with van der Waals surface area (Å²) in [5.74, 6) is 0.900. The highest BCUT2D eigenvalue weighted by atomic mass is 16.3. The number of hydrogen-bond acceptors (Lipinski definition) is 4. The van der Waals surface area contributed by atoms with Crippen molar-refractivity contribution in [1.29, 1.82) is 0 Å². The van der Waals surface area contributed by atoms with Crippen molar-refractivity contribution in [2.24, 2.45) is 0 Å². The molecule has 1 aliphatic rings. The third-order valence-electron chi connectivity index (χ3n) is 4.07. The molecule has 5 heteroatoms. The van der Waals surface area contributed by atoms with Crippen molar-refractivity contribution in [2.45, 2.75) is 25.3 Å². The Balaban J connectivity index is 1.53. The highest BCUT2D eigenvalue weighted by Crippen LogP contribution is 2.16. The van der Waals surface area contributed by atoms with E-state index in [0.717, 1.165) is 42.9 Å². The molecule has 3 rings (SSSR count). The lowest BCUT2D eigenvalue weighted by molar-refractivity contribution is 0.0940. The Morgan fingerprint density at radius 1 is 1.35 bits per heavy atom. The zero-order chi connectivity index (χ0) is 13.8. The maximum absolute atomic E-state index is 9.39. The van der Waals surface area contributed by atoms with Crippen molar-refractivity contribution in [3.63, 3.8) is 0 Å². The fraction of sp³-hybridized carbons (Fsp3) is 0.533. The fourth-order valence-corrected chi connectivity index (χ4v) is 2.92. The molecule has 0 spiro atoms. The zero-order valence-corrected chi connectivity index (χ0v) is 11.7. The smallest absolute Gasteiger partial charge is 0.139 e. The summed E-state index contributed by atoms with van der Waals surface area (Å²) in [6, 6.07) is 6.43. The summed E-state index contributed by atoms with van der Waals surface area (Å²) in [6.45, 7) is 3.17. The Morgan fingerprint density at radius 3 is 3.20 bits per heavy atom. The molecular weight excluding hydrogens is 252 g/mol. The minimum absolute atomic E-state index is 0.271. The second kappa shape index (κ2) is 6.24. The van der Waals surface area contributed by atoms with E-state index in [9.17, 15) is 5.11 Å². The third kappa shape index (κ3) is 2.94. The molecule has 1 saturated heterocycles. The van der Waals surface area contributed by atoms with Gasteiger partial charge in [0.15, 0.2) is 0 Å². The average Bonchev–Trinajstić information content (AvgIpc) is 2.95. The van der Waals surface area contributed by atoms with Crippen LogP contribution in [0.4, 0.5) is 5.82 Å². The van der Waals surface area contributed by atoms with E-state index in [1.165, 1.54) is 12.8 Å². The average molecular weight is 274 g/mol. The van der Waals surface area contributed by atoms with Crippen molar-refractivity contribution < 1.29 is 5.11 Å². The molecule has 0 bridgehead atoms. The second-order valence-corrected chi connectivity index (χ2v) is 5.41. The maximum Gasteiger partial charge on any atom is 0.139 e. The SMILES string of the molecule is OC[C@@H]1CCCCN1CCNc1ccc2cc[nH]c2n1. The number of fused-ring (bicyclic) bond motifs is 1. The molecular formula is C15H22N4O. The Morgan fingerprint density at radius 2 is 2.30 bits per heavy atom. The van der Waals surface area contributed by atoms with Gasteiger partial charge < -0.3 is 15.4 Å². The van der Waals surface area contributed by atoms with Gasteiger partial charge in [-0.15, -0.1) is 0 Å². The van der Waals surface area contributed by atoms with Gasteiger partial charge in [-0.1, -0.05) is 6.42 Å². The number of aliphatic hydroxyl groups is 1. The lowest BCUT2D eigenvalue weighted by atomic mass is 10.0. The van der Waals surface area contributed by atoms with Gasteiger partial charge in [-0.2, -0.15) is 0 Å². The van der Waals surface area contributed by atoms with Crippen LogP contribution in [0.5, 0.6) is 0 Å². The van der Waals surface area contributed by atoms with Crippen LogP contribution in [0, 0.1) is 0 Å². The summed E-state index contributed by atoms with van der Waals surface area (Å²) >= 11 is 0. The van der Waals surface area contributed by atoms with Gasteiger partial charge in [-0.3, -0.25) is 4.90 Å². The fourth-order valence-electron chi connectivity index (χ4n) is 2.92. The molecule has 1 atom stereocenters. The summed E-state index contributed by atoms with van der Waals surface area (Å²) in [7, 11) is 0. The van der Waals surface area contributed by atoms with E-state index in [0.29, 0.717) is 6.04 Å². The molecule has 1 fully saturated rings. The van der Waals surface area contributed by atoms with Crippen LogP contribution in [-0.4, -0.2) is 52.3 Å². The van der Waals surface area contributed by atoms with Crippen molar-refractivity contribution in [3.05, 3.63) is 24.4 Å². The van der Waals surface area contributed by atoms with Gasteiger partial charge in [0.2, 0.25) is 0 Å². The molecule has 2 aromatic rings. The van der Waals surface area contributed by atoms with Crippen LogP contribution >= 0.6 is 0 Å². The molecule has 0 aliphatic carbocycles. The standard InChI is InChI=1S/C15H22N4O/c20-11-13-3-1-2-9-19(13)10-8-16-14-5-4-12-6-7-17-15(12)18-14/h4-7,13,20H,1-3,8-11H2,(H2,16,17,18)/t13-/m0/s1. The van der Waals surface area contributed by atoms with Crippen molar-refractivity contribution in [2.75, 3.05) is 31.6 Å². The number of anilines is 1. The predicted molar refractivity (Wildman–Crippen MR) is 80.9 cm³/mol. The number of H-pyrrole nitrogens is 1. The van der Waals surface area contributed by atoms with Gasteiger partial charge in [0.1, 0.15) is 11.5 Å². The molecule has 5 nitrogen and oxygen atoms in total. The van der Waals surface area contributed by atoms with Gasteiger partial charge in [-0.05, 0) is 37.6 Å². The topological polar surface area (TPSA) is 64.2 Å². The number of likely N-dealkylation sites (tertiary alicyclic amines) is 1. The van der Waals surface area contributed by atoms with E-state index >= 15 is 0 Å². The van der Waals surface area contributed by atoms with Crippen LogP contribution in [0.25, 0.3) is 11.0 Å². The molecule has 0 saturated carbocycles. The van der Waals surface area contributed by atoms with E-state index in [1.54, 1.807) is 0 Å². The predicted octanol–water partition coefficient (Wildman–Crippen LogP) is 1.82. The van der Waals surface area contributed by atoms with E-state index in [2.05, 4.69) is 26.3 Å². The molecule has 20 heavy (non-hydrogen) atoms. The first-order valence-electron chi connectivity index (χ1n) is 7.40.